The third-order valence-electron chi connectivity index (χ3n) is 6.18. The van der Waals surface area contributed by atoms with Gasteiger partial charge in [-0.2, -0.15) is 24.9 Å². The van der Waals surface area contributed by atoms with E-state index in [1.54, 1.807) is 0 Å². The molecule has 186 valence electrons. The smallest absolute Gasteiger partial charge is 0.407 e. The Labute approximate surface area is 203 Å². The quantitative estimate of drug-likeness (QED) is 0.618. The molecular formula is C24H23F3N2O5S. The Kier molecular flexibility index (Phi) is 7.25. The van der Waals surface area contributed by atoms with Crippen molar-refractivity contribution in [1.82, 2.24) is 10.2 Å². The van der Waals surface area contributed by atoms with E-state index >= 15 is 0 Å². The number of carbonyl (C=O) groups excluding carboxylic acids is 2. The first-order chi connectivity index (χ1) is 16.7. The number of carbonyl (C=O) groups is 3. The van der Waals surface area contributed by atoms with Gasteiger partial charge in [-0.1, -0.05) is 48.5 Å². The third-order valence-corrected chi connectivity index (χ3v) is 7.21. The molecule has 4 rings (SSSR count). The van der Waals surface area contributed by atoms with Crippen LogP contribution in [0, 0.1) is 5.92 Å². The van der Waals surface area contributed by atoms with E-state index < -0.39 is 42.7 Å². The Balaban J connectivity index is 1.40. The predicted molar refractivity (Wildman–Crippen MR) is 123 cm³/mol. The molecule has 2 unspecified atom stereocenters. The summed E-state index contributed by atoms with van der Waals surface area (Å²) >= 11 is 1.25. The molecular weight excluding hydrogens is 485 g/mol. The van der Waals surface area contributed by atoms with Gasteiger partial charge < -0.3 is 20.1 Å². The third kappa shape index (κ3) is 5.24. The van der Waals surface area contributed by atoms with Crippen LogP contribution in [0.3, 0.4) is 0 Å². The summed E-state index contributed by atoms with van der Waals surface area (Å²) in [5.41, 5.74) is 3.92. The Morgan fingerprint density at radius 1 is 1.09 bits per heavy atom. The van der Waals surface area contributed by atoms with Crippen LogP contribution >= 0.6 is 11.8 Å². The predicted octanol–water partition coefficient (Wildman–Crippen LogP) is 3.73. The van der Waals surface area contributed by atoms with Gasteiger partial charge in [0.2, 0.25) is 5.91 Å². The number of amides is 2. The number of carboxylic acid groups (broad SMARTS) is 1. The second-order valence-corrected chi connectivity index (χ2v) is 9.41. The lowest BCUT2D eigenvalue weighted by Crippen LogP contribution is -2.56. The summed E-state index contributed by atoms with van der Waals surface area (Å²) in [4.78, 5) is 37.1. The van der Waals surface area contributed by atoms with Crippen molar-refractivity contribution in [1.29, 1.82) is 0 Å². The van der Waals surface area contributed by atoms with Crippen LogP contribution in [-0.2, 0) is 14.3 Å². The SMILES string of the molecule is O=C(NCC(C(=O)N1CCSCC1C(=O)O)C(F)(F)F)OCC1c2ccccc2-c2ccccc21. The summed E-state index contributed by atoms with van der Waals surface area (Å²) in [5, 5.41) is 11.3. The Hall–Kier alpha value is -3.21. The number of aliphatic carboxylic acids is 1. The number of hydrogen-bond donors (Lipinski definition) is 2. The molecule has 1 heterocycles. The fourth-order valence-corrected chi connectivity index (χ4v) is 5.49. The molecule has 0 saturated carbocycles. The molecule has 2 aromatic rings. The summed E-state index contributed by atoms with van der Waals surface area (Å²) in [6.45, 7) is -1.25. The van der Waals surface area contributed by atoms with Crippen LogP contribution in [0.25, 0.3) is 11.1 Å². The van der Waals surface area contributed by atoms with Gasteiger partial charge in [-0.05, 0) is 22.3 Å². The first-order valence-electron chi connectivity index (χ1n) is 10.9. The molecule has 0 bridgehead atoms. The Morgan fingerprint density at radius 3 is 2.26 bits per heavy atom. The highest BCUT2D eigenvalue weighted by Gasteiger charge is 2.49. The van der Waals surface area contributed by atoms with Crippen molar-refractivity contribution in [2.75, 3.05) is 31.2 Å². The molecule has 1 fully saturated rings. The lowest BCUT2D eigenvalue weighted by molar-refractivity contribution is -0.190. The Morgan fingerprint density at radius 2 is 1.69 bits per heavy atom. The monoisotopic (exact) mass is 508 g/mol. The van der Waals surface area contributed by atoms with E-state index in [-0.39, 0.29) is 24.8 Å². The lowest BCUT2D eigenvalue weighted by Gasteiger charge is -2.35. The molecule has 1 aliphatic carbocycles. The number of fused-ring (bicyclic) bond motifs is 3. The number of rotatable bonds is 6. The maximum absolute atomic E-state index is 13.7. The normalized spacial score (nSPS) is 18.4. The molecule has 35 heavy (non-hydrogen) atoms. The van der Waals surface area contributed by atoms with E-state index in [0.29, 0.717) is 5.75 Å². The minimum Gasteiger partial charge on any atom is -0.480 e. The van der Waals surface area contributed by atoms with Crippen LogP contribution in [-0.4, -0.2) is 71.4 Å². The number of alkyl carbamates (subject to hydrolysis) is 1. The molecule has 0 radical (unpaired) electrons. The van der Waals surface area contributed by atoms with Crippen molar-refractivity contribution in [3.8, 4) is 11.1 Å². The fourth-order valence-electron chi connectivity index (χ4n) is 4.45. The van der Waals surface area contributed by atoms with Crippen molar-refractivity contribution in [2.45, 2.75) is 18.1 Å². The zero-order chi connectivity index (χ0) is 25.2. The van der Waals surface area contributed by atoms with Gasteiger partial charge in [0.25, 0.3) is 0 Å². The van der Waals surface area contributed by atoms with Crippen LogP contribution < -0.4 is 5.32 Å². The first kappa shape index (κ1) is 24.9. The molecule has 2 aliphatic rings. The second kappa shape index (κ2) is 10.2. The van der Waals surface area contributed by atoms with E-state index in [0.717, 1.165) is 27.2 Å². The molecule has 11 heteroatoms. The number of ether oxygens (including phenoxy) is 1. The lowest BCUT2D eigenvalue weighted by atomic mass is 9.98. The van der Waals surface area contributed by atoms with Gasteiger partial charge in [0, 0.05) is 30.5 Å². The number of hydrogen-bond acceptors (Lipinski definition) is 5. The summed E-state index contributed by atoms with van der Waals surface area (Å²) < 4.78 is 46.3. The average molecular weight is 509 g/mol. The molecule has 1 aliphatic heterocycles. The van der Waals surface area contributed by atoms with Crippen molar-refractivity contribution in [3.05, 3.63) is 59.7 Å². The maximum Gasteiger partial charge on any atom is 0.407 e. The van der Waals surface area contributed by atoms with E-state index in [1.807, 2.05) is 53.8 Å². The first-order valence-corrected chi connectivity index (χ1v) is 12.1. The van der Waals surface area contributed by atoms with Crippen molar-refractivity contribution in [3.63, 3.8) is 0 Å². The number of thioether (sulfide) groups is 1. The number of nitrogens with zero attached hydrogens (tertiary/aromatic N) is 1. The van der Waals surface area contributed by atoms with Crippen LogP contribution in [0.5, 0.6) is 0 Å². The van der Waals surface area contributed by atoms with Crippen molar-refractivity contribution in [2.24, 2.45) is 5.92 Å². The minimum absolute atomic E-state index is 0.00541. The highest BCUT2D eigenvalue weighted by atomic mass is 32.2. The zero-order valence-corrected chi connectivity index (χ0v) is 19.3. The topological polar surface area (TPSA) is 95.9 Å². The van der Waals surface area contributed by atoms with Gasteiger partial charge in [0.15, 0.2) is 5.92 Å². The van der Waals surface area contributed by atoms with Gasteiger partial charge in [0.1, 0.15) is 12.6 Å². The van der Waals surface area contributed by atoms with E-state index in [9.17, 15) is 32.7 Å². The van der Waals surface area contributed by atoms with Gasteiger partial charge in [-0.25, -0.2) is 9.59 Å². The zero-order valence-electron chi connectivity index (χ0n) is 18.5. The summed E-state index contributed by atoms with van der Waals surface area (Å²) in [7, 11) is 0. The average Bonchev–Trinajstić information content (AvgIpc) is 3.15. The van der Waals surface area contributed by atoms with E-state index in [4.69, 9.17) is 4.74 Å². The van der Waals surface area contributed by atoms with Gasteiger partial charge in [-0.3, -0.25) is 4.79 Å². The summed E-state index contributed by atoms with van der Waals surface area (Å²) in [6.07, 6.45) is -6.06. The van der Waals surface area contributed by atoms with E-state index in [2.05, 4.69) is 0 Å². The number of benzene rings is 2. The molecule has 1 saturated heterocycles. The molecule has 7 nitrogen and oxygen atoms in total. The molecule has 2 amide bonds. The minimum atomic E-state index is -4.97. The second-order valence-electron chi connectivity index (χ2n) is 8.26. The maximum atomic E-state index is 13.7. The molecule has 2 atom stereocenters. The summed E-state index contributed by atoms with van der Waals surface area (Å²) in [5.74, 6) is -5.24. The molecule has 0 aromatic heterocycles. The van der Waals surface area contributed by atoms with Crippen molar-refractivity contribution >= 4 is 29.7 Å². The number of nitrogens with one attached hydrogen (secondary N) is 1. The number of carboxylic acids is 1. The molecule has 0 spiro atoms. The molecule has 2 aromatic carbocycles. The highest BCUT2D eigenvalue weighted by Crippen LogP contribution is 2.44. The largest absolute Gasteiger partial charge is 0.480 e. The van der Waals surface area contributed by atoms with Crippen LogP contribution in [0.2, 0.25) is 0 Å². The standard InChI is InChI=1S/C24H23F3N2O5S/c25-24(26,27)19(21(30)29-9-10-35-13-20(29)22(31)32)11-28-23(33)34-12-18-16-7-3-1-5-14(16)15-6-2-4-8-17(15)18/h1-8,18-20H,9-13H2,(H,28,33)(H,31,32). The highest BCUT2D eigenvalue weighted by molar-refractivity contribution is 7.99. The molecule has 2 N–H and O–H groups in total. The number of halogens is 3. The van der Waals surface area contributed by atoms with Crippen LogP contribution in [0.1, 0.15) is 17.0 Å². The number of alkyl halides is 3. The fraction of sp³-hybridized carbons (Fsp3) is 0.375. The van der Waals surface area contributed by atoms with Crippen molar-refractivity contribution < 1.29 is 37.4 Å². The van der Waals surface area contributed by atoms with Crippen LogP contribution in [0.4, 0.5) is 18.0 Å². The Bertz CT molecular complexity index is 1080. The van der Waals surface area contributed by atoms with Gasteiger partial charge in [-0.15, -0.1) is 0 Å². The summed E-state index contributed by atoms with van der Waals surface area (Å²) in [6, 6.07) is 13.9. The van der Waals surface area contributed by atoms with Gasteiger partial charge in [0.05, 0.1) is 0 Å². The van der Waals surface area contributed by atoms with Crippen LogP contribution in [0.15, 0.2) is 48.5 Å². The van der Waals surface area contributed by atoms with Gasteiger partial charge >= 0.3 is 18.2 Å². The van der Waals surface area contributed by atoms with E-state index in [1.165, 1.54) is 11.8 Å².